The second kappa shape index (κ2) is 17.6. The fourth-order valence-corrected chi connectivity index (χ4v) is 8.51. The van der Waals surface area contributed by atoms with Crippen LogP contribution in [0.3, 0.4) is 0 Å². The third kappa shape index (κ3) is 9.15. The zero-order valence-corrected chi connectivity index (χ0v) is 41.0. The maximum absolute atomic E-state index is 11.5. The predicted octanol–water partition coefficient (Wildman–Crippen LogP) is 15.8. The third-order valence-corrected chi connectivity index (χ3v) is 12.4. The first-order valence-corrected chi connectivity index (χ1v) is 22.3. The SMILES string of the molecule is CC(C)(C)c1ccc(-c2ccc(C(C)(C)C)cc2-n2c(-c3ccccc3O)nc3c(-c4[c-]c(-c5cc(-c6ccc(-c7ccccc7)cc6)ccn5)cc(C(C)(C)C)c4)cccc32)cc1.[Pt]. The monoisotopic (exact) mass is 1030 g/mol. The van der Waals surface area contributed by atoms with Gasteiger partial charge in [-0.05, 0) is 85.5 Å². The van der Waals surface area contributed by atoms with E-state index in [4.69, 9.17) is 9.97 Å². The van der Waals surface area contributed by atoms with Gasteiger partial charge in [0.2, 0.25) is 0 Å². The van der Waals surface area contributed by atoms with Crippen LogP contribution in [0.15, 0.2) is 170 Å². The first-order chi connectivity index (χ1) is 30.5. The van der Waals surface area contributed by atoms with E-state index in [0.717, 1.165) is 61.4 Å². The average molecular weight is 1030 g/mol. The smallest absolute Gasteiger partial charge is 0.148 e. The molecule has 9 aromatic rings. The van der Waals surface area contributed by atoms with Gasteiger partial charge in [-0.2, -0.15) is 0 Å². The Labute approximate surface area is 399 Å². The summed E-state index contributed by atoms with van der Waals surface area (Å²) in [5.41, 5.74) is 17.3. The van der Waals surface area contributed by atoms with Gasteiger partial charge in [-0.15, -0.1) is 29.3 Å². The molecule has 0 atom stereocenters. The summed E-state index contributed by atoms with van der Waals surface area (Å²) in [4.78, 5) is 10.4. The number of imidazole rings is 1. The van der Waals surface area contributed by atoms with Crippen LogP contribution >= 0.6 is 0 Å². The van der Waals surface area contributed by atoms with E-state index in [9.17, 15) is 5.11 Å². The van der Waals surface area contributed by atoms with Gasteiger partial charge >= 0.3 is 0 Å². The summed E-state index contributed by atoms with van der Waals surface area (Å²) in [5.74, 6) is 0.840. The van der Waals surface area contributed by atoms with Crippen molar-refractivity contribution < 1.29 is 26.2 Å². The molecule has 0 unspecified atom stereocenters. The Hall–Kier alpha value is -6.35. The number of hydrogen-bond acceptors (Lipinski definition) is 3. The molecule has 0 amide bonds. The third-order valence-electron chi connectivity index (χ3n) is 12.4. The van der Waals surface area contributed by atoms with Gasteiger partial charge in [-0.25, -0.2) is 4.98 Å². The molecule has 0 aliphatic heterocycles. The fourth-order valence-electron chi connectivity index (χ4n) is 8.51. The Morgan fingerprint density at radius 2 is 1.03 bits per heavy atom. The molecule has 65 heavy (non-hydrogen) atoms. The molecule has 2 aromatic heterocycles. The molecular formula is C60H56N3OPt-. The topological polar surface area (TPSA) is 50.9 Å². The molecule has 0 aliphatic carbocycles. The summed E-state index contributed by atoms with van der Waals surface area (Å²) >= 11 is 0. The minimum absolute atomic E-state index is 0. The van der Waals surface area contributed by atoms with Crippen LogP contribution in [-0.4, -0.2) is 19.6 Å². The summed E-state index contributed by atoms with van der Waals surface area (Å²) in [6, 6.07) is 61.5. The summed E-state index contributed by atoms with van der Waals surface area (Å²) in [7, 11) is 0. The van der Waals surface area contributed by atoms with Crippen molar-refractivity contribution in [3.63, 3.8) is 0 Å². The standard InChI is InChI=1S/C60H56N3O.Pt/c1-58(2,3)46-28-26-42(27-29-46)49-31-30-47(59(4,5)6)38-54(49)63-53-20-15-19-50(56(53)62-57(63)51-18-13-14-21-55(51)64)44-34-45(36-48(35-44)60(7,8)9)52-37-43(32-33-61-52)41-24-22-40(23-25-41)39-16-11-10-12-17-39;/h10-33,35-38,64H,1-9H3;/q-1;. The maximum Gasteiger partial charge on any atom is 0.148 e. The number of phenolic OH excluding ortho intramolecular Hbond substituents is 1. The number of hydrogen-bond donors (Lipinski definition) is 1. The number of benzene rings is 7. The molecule has 0 saturated heterocycles. The van der Waals surface area contributed by atoms with Gasteiger partial charge in [0.05, 0.1) is 22.3 Å². The number of aromatic hydroxyl groups is 1. The van der Waals surface area contributed by atoms with Crippen LogP contribution in [0.4, 0.5) is 0 Å². The number of fused-ring (bicyclic) bond motifs is 1. The largest absolute Gasteiger partial charge is 0.507 e. The molecule has 0 saturated carbocycles. The number of pyridine rings is 1. The summed E-state index contributed by atoms with van der Waals surface area (Å²) in [5, 5.41) is 11.5. The fraction of sp³-hybridized carbons (Fsp3) is 0.200. The van der Waals surface area contributed by atoms with Gasteiger partial charge in [0.15, 0.2) is 0 Å². The molecule has 0 aliphatic rings. The van der Waals surface area contributed by atoms with Crippen LogP contribution < -0.4 is 0 Å². The molecule has 328 valence electrons. The van der Waals surface area contributed by atoms with Crippen LogP contribution in [0, 0.1) is 6.07 Å². The first-order valence-electron chi connectivity index (χ1n) is 22.3. The zero-order chi connectivity index (χ0) is 45.0. The summed E-state index contributed by atoms with van der Waals surface area (Å²) < 4.78 is 2.25. The van der Waals surface area contributed by atoms with E-state index >= 15 is 0 Å². The predicted molar refractivity (Wildman–Crippen MR) is 268 cm³/mol. The second-order valence-corrected chi connectivity index (χ2v) is 20.1. The van der Waals surface area contributed by atoms with Crippen molar-refractivity contribution in [1.29, 1.82) is 0 Å². The molecule has 1 N–H and O–H groups in total. The van der Waals surface area contributed by atoms with E-state index in [-0.39, 0.29) is 43.1 Å². The van der Waals surface area contributed by atoms with Gasteiger partial charge in [0.1, 0.15) is 11.6 Å². The molecule has 5 heteroatoms. The van der Waals surface area contributed by atoms with Crippen molar-refractivity contribution in [2.24, 2.45) is 0 Å². The summed E-state index contributed by atoms with van der Waals surface area (Å²) in [6.45, 7) is 20.2. The maximum atomic E-state index is 11.5. The van der Waals surface area contributed by atoms with Gasteiger partial charge in [-0.1, -0.05) is 195 Å². The number of phenols is 1. The van der Waals surface area contributed by atoms with E-state index < -0.39 is 0 Å². The van der Waals surface area contributed by atoms with E-state index in [1.165, 1.54) is 27.8 Å². The van der Waals surface area contributed by atoms with E-state index in [1.54, 1.807) is 6.07 Å². The minimum Gasteiger partial charge on any atom is -0.507 e. The Kier molecular flexibility index (Phi) is 12.2. The Morgan fingerprint density at radius 1 is 0.462 bits per heavy atom. The second-order valence-electron chi connectivity index (χ2n) is 20.1. The molecule has 2 heterocycles. The van der Waals surface area contributed by atoms with Crippen molar-refractivity contribution in [3.05, 3.63) is 193 Å². The van der Waals surface area contributed by atoms with Crippen molar-refractivity contribution in [3.8, 4) is 78.6 Å². The Bertz CT molecular complexity index is 3140. The number of para-hydroxylation sites is 2. The van der Waals surface area contributed by atoms with Crippen LogP contribution in [-0.2, 0) is 37.3 Å². The van der Waals surface area contributed by atoms with Gasteiger partial charge in [-0.3, -0.25) is 9.55 Å². The molecule has 4 nitrogen and oxygen atoms in total. The molecular weight excluding hydrogens is 974 g/mol. The van der Waals surface area contributed by atoms with Crippen molar-refractivity contribution in [2.45, 2.75) is 78.6 Å². The van der Waals surface area contributed by atoms with E-state index in [1.807, 2.05) is 30.5 Å². The first kappa shape index (κ1) is 45.2. The van der Waals surface area contributed by atoms with E-state index in [2.05, 4.69) is 206 Å². The van der Waals surface area contributed by atoms with Crippen molar-refractivity contribution in [2.75, 3.05) is 0 Å². The normalized spacial score (nSPS) is 12.0. The van der Waals surface area contributed by atoms with Gasteiger partial charge in [0, 0.05) is 38.5 Å². The molecule has 0 radical (unpaired) electrons. The average Bonchev–Trinajstić information content (AvgIpc) is 3.68. The number of nitrogens with zero attached hydrogens (tertiary/aromatic N) is 3. The van der Waals surface area contributed by atoms with Gasteiger partial charge in [0.25, 0.3) is 0 Å². The number of rotatable bonds is 7. The van der Waals surface area contributed by atoms with Gasteiger partial charge < -0.3 is 5.11 Å². The van der Waals surface area contributed by atoms with Crippen LogP contribution in [0.2, 0.25) is 0 Å². The van der Waals surface area contributed by atoms with Crippen LogP contribution in [0.5, 0.6) is 5.75 Å². The molecule has 0 fully saturated rings. The van der Waals surface area contributed by atoms with Crippen molar-refractivity contribution >= 4 is 11.0 Å². The molecule has 0 spiro atoms. The van der Waals surface area contributed by atoms with Crippen LogP contribution in [0.25, 0.3) is 83.9 Å². The molecule has 9 rings (SSSR count). The quantitative estimate of drug-likeness (QED) is 0.162. The summed E-state index contributed by atoms with van der Waals surface area (Å²) in [6.07, 6.45) is 1.90. The molecule has 7 aromatic carbocycles. The number of aromatic nitrogens is 3. The minimum atomic E-state index is -0.164. The van der Waals surface area contributed by atoms with Crippen molar-refractivity contribution in [1.82, 2.24) is 14.5 Å². The molecule has 0 bridgehead atoms. The van der Waals surface area contributed by atoms with E-state index in [0.29, 0.717) is 11.4 Å². The Balaban J connectivity index is 0.00000576. The van der Waals surface area contributed by atoms with Crippen LogP contribution in [0.1, 0.15) is 79.0 Å². The Morgan fingerprint density at radius 3 is 1.69 bits per heavy atom. The zero-order valence-electron chi connectivity index (χ0n) is 38.8.